The van der Waals surface area contributed by atoms with E-state index in [1.165, 1.54) is 23.1 Å². The monoisotopic (exact) mass is 452 g/mol. The predicted molar refractivity (Wildman–Crippen MR) is 129 cm³/mol. The summed E-state index contributed by atoms with van der Waals surface area (Å²) in [6.07, 6.45) is 1.73. The topological polar surface area (TPSA) is 76.9 Å². The number of nitrogens with zero attached hydrogens (tertiary/aromatic N) is 3. The molecule has 0 aliphatic heterocycles. The van der Waals surface area contributed by atoms with Gasteiger partial charge in [0, 0.05) is 22.5 Å². The zero-order valence-corrected chi connectivity index (χ0v) is 19.7. The van der Waals surface area contributed by atoms with Crippen LogP contribution >= 0.6 is 23.1 Å². The number of carbonyl (C=O) groups excluding carboxylic acids is 1. The Balaban J connectivity index is 1.66. The largest absolute Gasteiger partial charge is 0.324 e. The van der Waals surface area contributed by atoms with E-state index < -0.39 is 5.25 Å². The minimum Gasteiger partial charge on any atom is -0.324 e. The number of hydrogen-bond acceptors (Lipinski definition) is 6. The standard InChI is InChI=1S/C23H24N4O2S2/c1-12(2)27-22(29)19-13(3)14(4)30-21(19)26-23(27)31-15(5)20(28)25-18-10-6-9-17-16(18)8-7-11-24-17/h6-12,15H,1-5H3,(H,25,28). The van der Waals surface area contributed by atoms with Gasteiger partial charge in [0.05, 0.1) is 21.8 Å². The highest BCUT2D eigenvalue weighted by Crippen LogP contribution is 2.31. The Morgan fingerprint density at radius 1 is 1.16 bits per heavy atom. The van der Waals surface area contributed by atoms with Gasteiger partial charge in [0.25, 0.3) is 5.56 Å². The fourth-order valence-corrected chi connectivity index (χ4v) is 5.60. The van der Waals surface area contributed by atoms with E-state index in [9.17, 15) is 9.59 Å². The zero-order chi connectivity index (χ0) is 22.3. The summed E-state index contributed by atoms with van der Waals surface area (Å²) < 4.78 is 1.69. The maximum atomic E-state index is 13.2. The molecule has 6 nitrogen and oxygen atoms in total. The minimum atomic E-state index is -0.441. The fourth-order valence-electron chi connectivity index (χ4n) is 3.48. The van der Waals surface area contributed by atoms with Crippen LogP contribution in [0.3, 0.4) is 0 Å². The van der Waals surface area contributed by atoms with Crippen LogP contribution in [-0.4, -0.2) is 25.7 Å². The molecule has 3 heterocycles. The van der Waals surface area contributed by atoms with Crippen LogP contribution in [0.25, 0.3) is 21.1 Å². The van der Waals surface area contributed by atoms with Gasteiger partial charge in [-0.25, -0.2) is 4.98 Å². The second-order valence-corrected chi connectivity index (χ2v) is 10.3. The number of anilines is 1. The van der Waals surface area contributed by atoms with Gasteiger partial charge in [-0.1, -0.05) is 17.8 Å². The highest BCUT2D eigenvalue weighted by Gasteiger charge is 2.23. The number of nitrogens with one attached hydrogen (secondary N) is 1. The molecule has 0 saturated heterocycles. The Morgan fingerprint density at radius 2 is 1.94 bits per heavy atom. The summed E-state index contributed by atoms with van der Waals surface area (Å²) in [6, 6.07) is 9.37. The van der Waals surface area contributed by atoms with Crippen molar-refractivity contribution >= 4 is 55.8 Å². The first-order chi connectivity index (χ1) is 14.8. The third-order valence-electron chi connectivity index (χ3n) is 5.27. The van der Waals surface area contributed by atoms with E-state index in [1.54, 1.807) is 10.8 Å². The minimum absolute atomic E-state index is 0.0444. The van der Waals surface area contributed by atoms with Crippen molar-refractivity contribution in [1.29, 1.82) is 0 Å². The molecule has 0 bridgehead atoms. The lowest BCUT2D eigenvalue weighted by atomic mass is 10.2. The van der Waals surface area contributed by atoms with Gasteiger partial charge in [0.1, 0.15) is 4.83 Å². The molecule has 4 rings (SSSR count). The first-order valence-electron chi connectivity index (χ1n) is 10.1. The second-order valence-electron chi connectivity index (χ2n) is 7.75. The number of carbonyl (C=O) groups is 1. The molecule has 0 spiro atoms. The number of aryl methyl sites for hydroxylation is 2. The number of benzene rings is 1. The van der Waals surface area contributed by atoms with Gasteiger partial charge >= 0.3 is 0 Å². The summed E-state index contributed by atoms with van der Waals surface area (Å²) in [4.78, 5) is 37.1. The number of rotatable bonds is 5. The lowest BCUT2D eigenvalue weighted by Crippen LogP contribution is -2.28. The smallest absolute Gasteiger partial charge is 0.263 e. The summed E-state index contributed by atoms with van der Waals surface area (Å²) in [5, 5.41) is 4.70. The van der Waals surface area contributed by atoms with E-state index in [0.29, 0.717) is 10.5 Å². The van der Waals surface area contributed by atoms with E-state index in [-0.39, 0.29) is 17.5 Å². The number of fused-ring (bicyclic) bond motifs is 2. The molecular weight excluding hydrogens is 428 g/mol. The summed E-state index contributed by atoms with van der Waals surface area (Å²) >= 11 is 2.83. The van der Waals surface area contributed by atoms with Crippen molar-refractivity contribution in [2.45, 2.75) is 51.1 Å². The lowest BCUT2D eigenvalue weighted by Gasteiger charge is -2.18. The normalized spacial score (nSPS) is 12.6. The van der Waals surface area contributed by atoms with Gasteiger partial charge < -0.3 is 5.32 Å². The third-order valence-corrected chi connectivity index (χ3v) is 7.44. The van der Waals surface area contributed by atoms with Crippen LogP contribution in [0.1, 0.15) is 37.3 Å². The van der Waals surface area contributed by atoms with E-state index >= 15 is 0 Å². The van der Waals surface area contributed by atoms with Crippen molar-refractivity contribution < 1.29 is 4.79 Å². The average molecular weight is 453 g/mol. The predicted octanol–water partition coefficient (Wildman–Crippen LogP) is 5.32. The van der Waals surface area contributed by atoms with Crippen LogP contribution in [0.5, 0.6) is 0 Å². The number of pyridine rings is 1. The number of amides is 1. The summed E-state index contributed by atoms with van der Waals surface area (Å²) in [7, 11) is 0. The van der Waals surface area contributed by atoms with E-state index in [2.05, 4.69) is 10.3 Å². The Morgan fingerprint density at radius 3 is 2.68 bits per heavy atom. The van der Waals surface area contributed by atoms with Gasteiger partial charge in [0.2, 0.25) is 5.91 Å². The summed E-state index contributed by atoms with van der Waals surface area (Å²) in [6.45, 7) is 9.71. The number of thiophene rings is 1. The van der Waals surface area contributed by atoms with Crippen LogP contribution in [0, 0.1) is 13.8 Å². The Hall–Kier alpha value is -2.71. The van der Waals surface area contributed by atoms with Crippen LogP contribution < -0.4 is 10.9 Å². The molecule has 8 heteroatoms. The number of hydrogen-bond donors (Lipinski definition) is 1. The lowest BCUT2D eigenvalue weighted by molar-refractivity contribution is -0.115. The van der Waals surface area contributed by atoms with Crippen molar-refractivity contribution in [3.05, 3.63) is 57.3 Å². The highest BCUT2D eigenvalue weighted by atomic mass is 32.2. The molecule has 1 amide bonds. The van der Waals surface area contributed by atoms with Gasteiger partial charge in [0.15, 0.2) is 5.16 Å². The van der Waals surface area contributed by atoms with Gasteiger partial charge in [-0.3, -0.25) is 19.1 Å². The van der Waals surface area contributed by atoms with Crippen LogP contribution in [0.2, 0.25) is 0 Å². The molecule has 0 fully saturated rings. The summed E-state index contributed by atoms with van der Waals surface area (Å²) in [5.41, 5.74) is 2.48. The molecular formula is C23H24N4O2S2. The first kappa shape index (κ1) is 21.5. The van der Waals surface area contributed by atoms with Crippen molar-refractivity contribution in [2.75, 3.05) is 5.32 Å². The molecule has 1 N–H and O–H groups in total. The molecule has 160 valence electrons. The molecule has 1 unspecified atom stereocenters. The van der Waals surface area contributed by atoms with Gasteiger partial charge in [-0.15, -0.1) is 11.3 Å². The number of thioether (sulfide) groups is 1. The maximum absolute atomic E-state index is 13.2. The fraction of sp³-hybridized carbons (Fsp3) is 0.304. The first-order valence-corrected chi connectivity index (χ1v) is 11.8. The van der Waals surface area contributed by atoms with Crippen molar-refractivity contribution in [3.63, 3.8) is 0 Å². The quantitative estimate of drug-likeness (QED) is 0.327. The average Bonchev–Trinajstić information content (AvgIpc) is 3.01. The molecule has 31 heavy (non-hydrogen) atoms. The molecule has 1 aromatic carbocycles. The molecule has 4 aromatic rings. The molecule has 0 radical (unpaired) electrons. The molecule has 0 aliphatic rings. The SMILES string of the molecule is Cc1sc2nc(SC(C)C(=O)Nc3cccc4ncccc34)n(C(C)C)c(=O)c2c1C. The van der Waals surface area contributed by atoms with Crippen molar-refractivity contribution in [1.82, 2.24) is 14.5 Å². The van der Waals surface area contributed by atoms with Crippen LogP contribution in [0.15, 0.2) is 46.5 Å². The van der Waals surface area contributed by atoms with E-state index in [4.69, 9.17) is 4.98 Å². The van der Waals surface area contributed by atoms with Gasteiger partial charge in [-0.05, 0) is 64.4 Å². The second kappa shape index (κ2) is 8.43. The van der Waals surface area contributed by atoms with E-state index in [0.717, 1.165) is 31.9 Å². The van der Waals surface area contributed by atoms with E-state index in [1.807, 2.05) is 65.0 Å². The number of aromatic nitrogens is 3. The maximum Gasteiger partial charge on any atom is 0.263 e. The Bertz CT molecular complexity index is 1350. The molecule has 0 saturated carbocycles. The molecule has 1 atom stereocenters. The van der Waals surface area contributed by atoms with Crippen LogP contribution in [-0.2, 0) is 4.79 Å². The van der Waals surface area contributed by atoms with Crippen LogP contribution in [0.4, 0.5) is 5.69 Å². The van der Waals surface area contributed by atoms with Crippen molar-refractivity contribution in [2.24, 2.45) is 0 Å². The Kier molecular flexibility index (Phi) is 5.85. The third kappa shape index (κ3) is 3.97. The zero-order valence-electron chi connectivity index (χ0n) is 18.1. The molecule has 3 aromatic heterocycles. The summed E-state index contributed by atoms with van der Waals surface area (Å²) in [5.74, 6) is -0.149. The highest BCUT2D eigenvalue weighted by molar-refractivity contribution is 8.00. The van der Waals surface area contributed by atoms with Gasteiger partial charge in [-0.2, -0.15) is 0 Å². The molecule has 0 aliphatic carbocycles. The Labute approximate surface area is 188 Å². The van der Waals surface area contributed by atoms with Crippen molar-refractivity contribution in [3.8, 4) is 0 Å².